The van der Waals surface area contributed by atoms with Gasteiger partial charge in [-0.25, -0.2) is 0 Å². The summed E-state index contributed by atoms with van der Waals surface area (Å²) in [4.78, 5) is 6.85. The summed E-state index contributed by atoms with van der Waals surface area (Å²) in [6.07, 6.45) is 3.72. The lowest BCUT2D eigenvalue weighted by Gasteiger charge is -2.28. The summed E-state index contributed by atoms with van der Waals surface area (Å²) in [5.74, 6) is 1.32. The zero-order valence-electron chi connectivity index (χ0n) is 13.5. The molecule has 0 aromatic heterocycles. The first-order chi connectivity index (χ1) is 10.0. The van der Waals surface area contributed by atoms with Crippen LogP contribution in [0.25, 0.3) is 0 Å². The number of anilines is 1. The highest BCUT2D eigenvalue weighted by atomic mass is 15.1. The highest BCUT2D eigenvalue weighted by molar-refractivity contribution is 5.92. The van der Waals surface area contributed by atoms with Gasteiger partial charge in [-0.2, -0.15) is 0 Å². The molecule has 2 rings (SSSR count). The van der Waals surface area contributed by atoms with Gasteiger partial charge in [0.05, 0.1) is 0 Å². The van der Waals surface area contributed by atoms with Crippen LogP contribution in [0.1, 0.15) is 30.4 Å². The second kappa shape index (κ2) is 7.46. The topological polar surface area (TPSA) is 53.6 Å². The number of guanidine groups is 1. The highest BCUT2D eigenvalue weighted by Gasteiger charge is 2.15. The predicted molar refractivity (Wildman–Crippen MR) is 90.9 cm³/mol. The molecule has 116 valence electrons. The molecule has 1 aromatic rings. The summed E-state index contributed by atoms with van der Waals surface area (Å²) in [6.45, 7) is 7.46. The molecule has 4 nitrogen and oxygen atoms in total. The van der Waals surface area contributed by atoms with Gasteiger partial charge in [-0.3, -0.25) is 4.99 Å². The third-order valence-corrected chi connectivity index (χ3v) is 4.44. The van der Waals surface area contributed by atoms with Gasteiger partial charge >= 0.3 is 0 Å². The Morgan fingerprint density at radius 1 is 1.29 bits per heavy atom. The van der Waals surface area contributed by atoms with Gasteiger partial charge in [0.25, 0.3) is 0 Å². The lowest BCUT2D eigenvalue weighted by Crippen LogP contribution is -2.30. The molecular formula is C17H28N4. The van der Waals surface area contributed by atoms with Gasteiger partial charge in [0.1, 0.15) is 0 Å². The number of aryl methyl sites for hydroxylation is 2. The minimum Gasteiger partial charge on any atom is -0.370 e. The van der Waals surface area contributed by atoms with E-state index < -0.39 is 0 Å². The first kappa shape index (κ1) is 15.8. The van der Waals surface area contributed by atoms with Crippen molar-refractivity contribution in [3.63, 3.8) is 0 Å². The van der Waals surface area contributed by atoms with Crippen molar-refractivity contribution in [2.24, 2.45) is 16.6 Å². The second-order valence-corrected chi connectivity index (χ2v) is 6.23. The van der Waals surface area contributed by atoms with Gasteiger partial charge < -0.3 is 16.0 Å². The molecule has 1 heterocycles. The van der Waals surface area contributed by atoms with Gasteiger partial charge in [0.15, 0.2) is 5.96 Å². The van der Waals surface area contributed by atoms with Crippen LogP contribution < -0.4 is 11.1 Å². The standard InChI is InChI=1S/C17H28N4/c1-13-4-5-16(12-14(13)2)20-17(18)19-9-6-15-7-10-21(3)11-8-15/h4-5,12,15H,6-11H2,1-3H3,(H3,18,19,20). The Balaban J connectivity index is 1.77. The molecule has 4 heteroatoms. The van der Waals surface area contributed by atoms with Gasteiger partial charge in [-0.05, 0) is 82.4 Å². The third kappa shape index (κ3) is 5.05. The van der Waals surface area contributed by atoms with Crippen molar-refractivity contribution >= 4 is 11.6 Å². The number of nitrogens with two attached hydrogens (primary N) is 1. The maximum absolute atomic E-state index is 5.96. The predicted octanol–water partition coefficient (Wildman–Crippen LogP) is 2.76. The van der Waals surface area contributed by atoms with E-state index >= 15 is 0 Å². The van der Waals surface area contributed by atoms with E-state index in [1.54, 1.807) is 0 Å². The van der Waals surface area contributed by atoms with E-state index in [4.69, 9.17) is 5.73 Å². The summed E-state index contributed by atoms with van der Waals surface area (Å²) in [5.41, 5.74) is 9.53. The first-order valence-electron chi connectivity index (χ1n) is 7.87. The van der Waals surface area contributed by atoms with Crippen molar-refractivity contribution in [1.82, 2.24) is 4.90 Å². The summed E-state index contributed by atoms with van der Waals surface area (Å²) in [5, 5.41) is 3.17. The molecule has 1 fully saturated rings. The van der Waals surface area contributed by atoms with Crippen LogP contribution >= 0.6 is 0 Å². The molecule has 0 spiro atoms. The minimum atomic E-state index is 0.520. The number of hydrogen-bond acceptors (Lipinski definition) is 2. The number of rotatable bonds is 4. The van der Waals surface area contributed by atoms with Crippen molar-refractivity contribution in [2.45, 2.75) is 33.1 Å². The van der Waals surface area contributed by atoms with E-state index in [2.05, 4.69) is 48.2 Å². The largest absolute Gasteiger partial charge is 0.370 e. The molecular weight excluding hydrogens is 260 g/mol. The Hall–Kier alpha value is -1.55. The number of nitrogens with zero attached hydrogens (tertiary/aromatic N) is 2. The second-order valence-electron chi connectivity index (χ2n) is 6.23. The highest BCUT2D eigenvalue weighted by Crippen LogP contribution is 2.19. The molecule has 0 saturated carbocycles. The molecule has 0 radical (unpaired) electrons. The Kier molecular flexibility index (Phi) is 5.62. The number of hydrogen-bond donors (Lipinski definition) is 2. The monoisotopic (exact) mass is 288 g/mol. The molecule has 0 aliphatic carbocycles. The molecule has 0 unspecified atom stereocenters. The average molecular weight is 288 g/mol. The number of piperidine rings is 1. The molecule has 0 atom stereocenters. The quantitative estimate of drug-likeness (QED) is 0.661. The Morgan fingerprint density at radius 3 is 2.67 bits per heavy atom. The third-order valence-electron chi connectivity index (χ3n) is 4.44. The van der Waals surface area contributed by atoms with E-state index in [0.29, 0.717) is 5.96 Å². The van der Waals surface area contributed by atoms with E-state index in [-0.39, 0.29) is 0 Å². The zero-order valence-corrected chi connectivity index (χ0v) is 13.5. The smallest absolute Gasteiger partial charge is 0.193 e. The summed E-state index contributed by atoms with van der Waals surface area (Å²) in [6, 6.07) is 6.25. The van der Waals surface area contributed by atoms with Gasteiger partial charge in [-0.1, -0.05) is 6.07 Å². The molecule has 1 saturated heterocycles. The van der Waals surface area contributed by atoms with Crippen LogP contribution in [0.4, 0.5) is 5.69 Å². The fourth-order valence-corrected chi connectivity index (χ4v) is 2.72. The van der Waals surface area contributed by atoms with E-state index in [0.717, 1.165) is 24.6 Å². The van der Waals surface area contributed by atoms with Crippen molar-refractivity contribution in [3.8, 4) is 0 Å². The molecule has 0 bridgehead atoms. The fourth-order valence-electron chi connectivity index (χ4n) is 2.72. The fraction of sp³-hybridized carbons (Fsp3) is 0.588. The Morgan fingerprint density at radius 2 is 2.00 bits per heavy atom. The molecule has 3 N–H and O–H groups in total. The van der Waals surface area contributed by atoms with E-state index in [9.17, 15) is 0 Å². The number of benzene rings is 1. The normalized spacial score (nSPS) is 18.0. The summed E-state index contributed by atoms with van der Waals surface area (Å²) < 4.78 is 0. The first-order valence-corrected chi connectivity index (χ1v) is 7.87. The average Bonchev–Trinajstić information content (AvgIpc) is 2.45. The van der Waals surface area contributed by atoms with Crippen molar-refractivity contribution in [3.05, 3.63) is 29.3 Å². The lowest BCUT2D eigenvalue weighted by atomic mass is 9.94. The van der Waals surface area contributed by atoms with Crippen LogP contribution in [-0.2, 0) is 0 Å². The molecule has 1 aliphatic heterocycles. The van der Waals surface area contributed by atoms with Crippen LogP contribution in [0.3, 0.4) is 0 Å². The number of aliphatic imine (C=N–C) groups is 1. The molecule has 21 heavy (non-hydrogen) atoms. The maximum Gasteiger partial charge on any atom is 0.193 e. The van der Waals surface area contributed by atoms with E-state index in [1.165, 1.54) is 37.1 Å². The van der Waals surface area contributed by atoms with Gasteiger partial charge in [0.2, 0.25) is 0 Å². The van der Waals surface area contributed by atoms with Gasteiger partial charge in [-0.15, -0.1) is 0 Å². The SMILES string of the molecule is Cc1ccc(NC(N)=NCCC2CCN(C)CC2)cc1C. The van der Waals surface area contributed by atoms with Crippen molar-refractivity contribution < 1.29 is 0 Å². The summed E-state index contributed by atoms with van der Waals surface area (Å²) >= 11 is 0. The Labute approximate surface area is 128 Å². The van der Waals surface area contributed by atoms with Crippen LogP contribution in [0.5, 0.6) is 0 Å². The van der Waals surface area contributed by atoms with Gasteiger partial charge in [0, 0.05) is 12.2 Å². The van der Waals surface area contributed by atoms with Crippen LogP contribution in [0.15, 0.2) is 23.2 Å². The van der Waals surface area contributed by atoms with E-state index in [1.807, 2.05) is 6.07 Å². The number of likely N-dealkylation sites (tertiary alicyclic amines) is 1. The number of nitrogens with one attached hydrogen (secondary N) is 1. The zero-order chi connectivity index (χ0) is 15.2. The van der Waals surface area contributed by atoms with Crippen LogP contribution in [-0.4, -0.2) is 37.5 Å². The summed E-state index contributed by atoms with van der Waals surface area (Å²) in [7, 11) is 2.19. The van der Waals surface area contributed by atoms with Crippen molar-refractivity contribution in [1.29, 1.82) is 0 Å². The van der Waals surface area contributed by atoms with Crippen LogP contribution in [0.2, 0.25) is 0 Å². The molecule has 0 amide bonds. The maximum atomic E-state index is 5.96. The molecule has 1 aromatic carbocycles. The molecule has 1 aliphatic rings. The lowest BCUT2D eigenvalue weighted by molar-refractivity contribution is 0.214. The minimum absolute atomic E-state index is 0.520. The van der Waals surface area contributed by atoms with Crippen molar-refractivity contribution in [2.75, 3.05) is 32.0 Å². The Bertz CT molecular complexity index is 488. The van der Waals surface area contributed by atoms with Crippen LogP contribution in [0, 0.1) is 19.8 Å².